The second-order valence-electron chi connectivity index (χ2n) is 5.23. The summed E-state index contributed by atoms with van der Waals surface area (Å²) < 4.78 is 27.6. The van der Waals surface area contributed by atoms with E-state index in [1.807, 2.05) is 0 Å². The first-order chi connectivity index (χ1) is 10.9. The van der Waals surface area contributed by atoms with Gasteiger partial charge in [0.05, 0.1) is 18.6 Å². The molecular formula is C14H19N3O5S. The Kier molecular flexibility index (Phi) is 5.54. The van der Waals surface area contributed by atoms with Gasteiger partial charge in [0.1, 0.15) is 5.56 Å². The number of hydrogen-bond donors (Lipinski definition) is 2. The van der Waals surface area contributed by atoms with E-state index in [9.17, 15) is 18.0 Å². The van der Waals surface area contributed by atoms with E-state index < -0.39 is 9.84 Å². The molecule has 0 spiro atoms. The molecule has 1 aliphatic rings. The highest BCUT2D eigenvalue weighted by Gasteiger charge is 2.28. The molecule has 126 valence electrons. The molecule has 1 aromatic rings. The van der Waals surface area contributed by atoms with E-state index in [2.05, 4.69) is 15.6 Å². The molecule has 1 aromatic heterocycles. The summed E-state index contributed by atoms with van der Waals surface area (Å²) in [4.78, 5) is 27.7. The molecule has 0 bridgehead atoms. The van der Waals surface area contributed by atoms with Gasteiger partial charge in [-0.25, -0.2) is 13.4 Å². The molecule has 2 rings (SSSR count). The molecule has 2 N–H and O–H groups in total. The van der Waals surface area contributed by atoms with Crippen LogP contribution < -0.4 is 15.4 Å². The van der Waals surface area contributed by atoms with Crippen LogP contribution in [0.2, 0.25) is 0 Å². The average molecular weight is 341 g/mol. The normalized spacial score (nSPS) is 19.1. The fourth-order valence-corrected chi connectivity index (χ4v) is 3.99. The third-order valence-electron chi connectivity index (χ3n) is 3.44. The molecule has 0 aliphatic carbocycles. The highest BCUT2D eigenvalue weighted by atomic mass is 32.2. The molecule has 23 heavy (non-hydrogen) atoms. The summed E-state index contributed by atoms with van der Waals surface area (Å²) in [6.45, 7) is 0.141. The van der Waals surface area contributed by atoms with E-state index in [0.717, 1.165) is 0 Å². The molecule has 9 heteroatoms. The largest absolute Gasteiger partial charge is 0.480 e. The van der Waals surface area contributed by atoms with Crippen LogP contribution in [0.3, 0.4) is 0 Å². The highest BCUT2D eigenvalue weighted by Crippen LogP contribution is 2.13. The summed E-state index contributed by atoms with van der Waals surface area (Å²) in [5.74, 6) is -0.365. The van der Waals surface area contributed by atoms with Gasteiger partial charge in [-0.2, -0.15) is 0 Å². The summed E-state index contributed by atoms with van der Waals surface area (Å²) in [5.41, 5.74) is 0.289. The van der Waals surface area contributed by atoms with Crippen molar-refractivity contribution in [3.05, 3.63) is 23.9 Å². The molecule has 1 atom stereocenters. The van der Waals surface area contributed by atoms with Crippen molar-refractivity contribution in [2.75, 3.05) is 25.2 Å². The van der Waals surface area contributed by atoms with Crippen LogP contribution in [-0.4, -0.2) is 56.4 Å². The maximum atomic E-state index is 12.0. The highest BCUT2D eigenvalue weighted by molar-refractivity contribution is 7.91. The third-order valence-corrected chi connectivity index (χ3v) is 5.21. The van der Waals surface area contributed by atoms with E-state index in [4.69, 9.17) is 4.74 Å². The molecule has 2 amide bonds. The molecule has 1 aliphatic heterocycles. The first-order valence-corrected chi connectivity index (χ1v) is 9.00. The molecule has 0 radical (unpaired) electrons. The van der Waals surface area contributed by atoms with E-state index in [0.29, 0.717) is 6.42 Å². The lowest BCUT2D eigenvalue weighted by Gasteiger charge is -2.11. The van der Waals surface area contributed by atoms with Crippen LogP contribution in [0.25, 0.3) is 0 Å². The maximum absolute atomic E-state index is 12.0. The SMILES string of the molecule is COc1ncccc1C(=O)NCCC(=O)N[C@@H]1CCS(=O)(=O)C1. The Balaban J connectivity index is 1.76. The van der Waals surface area contributed by atoms with Crippen molar-refractivity contribution in [1.82, 2.24) is 15.6 Å². The first kappa shape index (κ1) is 17.2. The summed E-state index contributed by atoms with van der Waals surface area (Å²) in [6, 6.07) is 2.86. The Bertz CT molecular complexity index is 689. The van der Waals surface area contributed by atoms with Gasteiger partial charge in [0.15, 0.2) is 9.84 Å². The Morgan fingerprint density at radius 2 is 2.22 bits per heavy atom. The van der Waals surface area contributed by atoms with Crippen molar-refractivity contribution < 1.29 is 22.7 Å². The number of hydrogen-bond acceptors (Lipinski definition) is 6. The number of nitrogens with one attached hydrogen (secondary N) is 2. The van der Waals surface area contributed by atoms with Gasteiger partial charge in [-0.05, 0) is 18.6 Å². The molecule has 0 aromatic carbocycles. The topological polar surface area (TPSA) is 114 Å². The molecule has 8 nitrogen and oxygen atoms in total. The summed E-state index contributed by atoms with van der Waals surface area (Å²) in [6.07, 6.45) is 2.02. The number of carbonyl (C=O) groups is 2. The monoisotopic (exact) mass is 341 g/mol. The lowest BCUT2D eigenvalue weighted by molar-refractivity contribution is -0.121. The Hall–Kier alpha value is -2.16. The third kappa shape index (κ3) is 4.92. The van der Waals surface area contributed by atoms with Crippen LogP contribution in [0.15, 0.2) is 18.3 Å². The second kappa shape index (κ2) is 7.40. The zero-order valence-corrected chi connectivity index (χ0v) is 13.6. The number of aromatic nitrogens is 1. The zero-order chi connectivity index (χ0) is 16.9. The lowest BCUT2D eigenvalue weighted by atomic mass is 10.2. The van der Waals surface area contributed by atoms with E-state index in [-0.39, 0.29) is 53.8 Å². The number of methoxy groups -OCH3 is 1. The fraction of sp³-hybridized carbons (Fsp3) is 0.500. The minimum atomic E-state index is -3.02. The van der Waals surface area contributed by atoms with Crippen molar-refractivity contribution in [2.45, 2.75) is 18.9 Å². The first-order valence-electron chi connectivity index (χ1n) is 7.18. The van der Waals surface area contributed by atoms with Gasteiger partial charge in [-0.3, -0.25) is 9.59 Å². The van der Waals surface area contributed by atoms with E-state index in [1.54, 1.807) is 12.1 Å². The Morgan fingerprint density at radius 3 is 2.87 bits per heavy atom. The van der Waals surface area contributed by atoms with Crippen LogP contribution in [0.1, 0.15) is 23.2 Å². The molecule has 0 saturated carbocycles. The van der Waals surface area contributed by atoms with E-state index in [1.165, 1.54) is 13.3 Å². The maximum Gasteiger partial charge on any atom is 0.256 e. The van der Waals surface area contributed by atoms with Crippen molar-refractivity contribution in [2.24, 2.45) is 0 Å². The smallest absolute Gasteiger partial charge is 0.256 e. The quantitative estimate of drug-likeness (QED) is 0.722. The van der Waals surface area contributed by atoms with Gasteiger partial charge >= 0.3 is 0 Å². The number of sulfone groups is 1. The predicted molar refractivity (Wildman–Crippen MR) is 82.9 cm³/mol. The van der Waals surface area contributed by atoms with Gasteiger partial charge in [0, 0.05) is 25.2 Å². The number of rotatable bonds is 6. The van der Waals surface area contributed by atoms with Crippen molar-refractivity contribution in [3.8, 4) is 5.88 Å². The van der Waals surface area contributed by atoms with Crippen LogP contribution >= 0.6 is 0 Å². The van der Waals surface area contributed by atoms with Crippen LogP contribution in [-0.2, 0) is 14.6 Å². The molecule has 1 fully saturated rings. The fourth-order valence-electron chi connectivity index (χ4n) is 2.32. The molecule has 1 saturated heterocycles. The molecular weight excluding hydrogens is 322 g/mol. The summed E-state index contributed by atoms with van der Waals surface area (Å²) in [5, 5.41) is 5.27. The average Bonchev–Trinajstić information content (AvgIpc) is 2.85. The van der Waals surface area contributed by atoms with Gasteiger partial charge in [-0.1, -0.05) is 0 Å². The molecule has 2 heterocycles. The minimum absolute atomic E-state index is 0.0159. The number of carbonyl (C=O) groups excluding carboxylic acids is 2. The van der Waals surface area contributed by atoms with Gasteiger partial charge in [0.25, 0.3) is 5.91 Å². The van der Waals surface area contributed by atoms with E-state index >= 15 is 0 Å². The Labute approximate surface area is 134 Å². The van der Waals surface area contributed by atoms with Gasteiger partial charge < -0.3 is 15.4 Å². The van der Waals surface area contributed by atoms with Crippen LogP contribution in [0.5, 0.6) is 5.88 Å². The number of nitrogens with zero attached hydrogens (tertiary/aromatic N) is 1. The zero-order valence-electron chi connectivity index (χ0n) is 12.7. The Morgan fingerprint density at radius 1 is 1.43 bits per heavy atom. The van der Waals surface area contributed by atoms with Crippen molar-refractivity contribution in [1.29, 1.82) is 0 Å². The van der Waals surface area contributed by atoms with Crippen molar-refractivity contribution in [3.63, 3.8) is 0 Å². The van der Waals surface area contributed by atoms with Crippen LogP contribution in [0.4, 0.5) is 0 Å². The summed E-state index contributed by atoms with van der Waals surface area (Å²) in [7, 11) is -1.61. The van der Waals surface area contributed by atoms with Gasteiger partial charge in [-0.15, -0.1) is 0 Å². The van der Waals surface area contributed by atoms with Gasteiger partial charge in [0.2, 0.25) is 11.8 Å². The predicted octanol–water partition coefficient (Wildman–Crippen LogP) is -0.487. The summed E-state index contributed by atoms with van der Waals surface area (Å²) >= 11 is 0. The van der Waals surface area contributed by atoms with Crippen molar-refractivity contribution >= 4 is 21.7 Å². The lowest BCUT2D eigenvalue weighted by Crippen LogP contribution is -2.37. The molecule has 0 unspecified atom stereocenters. The van der Waals surface area contributed by atoms with Crippen LogP contribution in [0, 0.1) is 0 Å². The standard InChI is InChI=1S/C14H19N3O5S/c1-22-14-11(3-2-6-16-14)13(19)15-7-4-12(18)17-10-5-8-23(20,21)9-10/h2-3,6,10H,4-5,7-9H2,1H3,(H,15,19)(H,17,18)/t10-/m1/s1. The second-order valence-corrected chi connectivity index (χ2v) is 7.46. The number of amides is 2. The number of ether oxygens (including phenoxy) is 1. The minimum Gasteiger partial charge on any atom is -0.480 e. The number of pyridine rings is 1.